The summed E-state index contributed by atoms with van der Waals surface area (Å²) in [5, 5.41) is 6.48. The summed E-state index contributed by atoms with van der Waals surface area (Å²) in [5.74, 6) is 2.77. The average molecular weight is 384 g/mol. The van der Waals surface area contributed by atoms with E-state index in [1.165, 1.54) is 24.0 Å². The number of aryl methyl sites for hydroxylation is 1. The summed E-state index contributed by atoms with van der Waals surface area (Å²) in [6.07, 6.45) is 4.83. The van der Waals surface area contributed by atoms with E-state index in [4.69, 9.17) is 9.26 Å². The van der Waals surface area contributed by atoms with Crippen molar-refractivity contribution < 1.29 is 9.26 Å². The van der Waals surface area contributed by atoms with Crippen LogP contribution in [0, 0.1) is 6.92 Å². The highest BCUT2D eigenvalue weighted by molar-refractivity contribution is 5.87. The van der Waals surface area contributed by atoms with Gasteiger partial charge in [0.15, 0.2) is 0 Å². The van der Waals surface area contributed by atoms with Gasteiger partial charge < -0.3 is 9.26 Å². The average Bonchev–Trinajstić information content (AvgIpc) is 3.45. The molecule has 0 spiro atoms. The van der Waals surface area contributed by atoms with E-state index in [1.54, 1.807) is 0 Å². The van der Waals surface area contributed by atoms with Crippen LogP contribution >= 0.6 is 0 Å². The Kier molecular flexibility index (Phi) is 4.76. The Hall–Kier alpha value is -3.14. The second kappa shape index (κ2) is 7.70. The van der Waals surface area contributed by atoms with Crippen molar-refractivity contribution in [3.8, 4) is 17.1 Å². The second-order valence-electron chi connectivity index (χ2n) is 7.94. The highest BCUT2D eigenvalue weighted by Gasteiger charge is 2.23. The molecule has 146 valence electrons. The number of rotatable bonds is 5. The van der Waals surface area contributed by atoms with E-state index in [1.807, 2.05) is 6.07 Å². The van der Waals surface area contributed by atoms with Crippen molar-refractivity contribution in [3.63, 3.8) is 0 Å². The molecule has 4 heteroatoms. The van der Waals surface area contributed by atoms with Crippen LogP contribution in [0.4, 0.5) is 0 Å². The molecule has 0 bridgehead atoms. The molecule has 1 heterocycles. The molecule has 1 aliphatic carbocycles. The highest BCUT2D eigenvalue weighted by Crippen LogP contribution is 2.34. The van der Waals surface area contributed by atoms with Crippen LogP contribution < -0.4 is 4.74 Å². The summed E-state index contributed by atoms with van der Waals surface area (Å²) >= 11 is 0. The molecule has 1 aromatic heterocycles. The van der Waals surface area contributed by atoms with Crippen molar-refractivity contribution in [2.45, 2.75) is 45.1 Å². The van der Waals surface area contributed by atoms with Gasteiger partial charge in [-0.2, -0.15) is 4.98 Å². The van der Waals surface area contributed by atoms with E-state index in [0.717, 1.165) is 40.8 Å². The first-order valence-corrected chi connectivity index (χ1v) is 10.3. The van der Waals surface area contributed by atoms with Gasteiger partial charge in [0.1, 0.15) is 12.4 Å². The molecule has 0 unspecified atom stereocenters. The Bertz CT molecular complexity index is 1130. The summed E-state index contributed by atoms with van der Waals surface area (Å²) in [5.41, 5.74) is 3.41. The minimum atomic E-state index is 0.435. The lowest BCUT2D eigenvalue weighted by atomic mass is 10.1. The summed E-state index contributed by atoms with van der Waals surface area (Å²) in [4.78, 5) is 4.65. The zero-order chi connectivity index (χ0) is 19.6. The van der Waals surface area contributed by atoms with Crippen LogP contribution in [0.25, 0.3) is 22.2 Å². The molecule has 1 aliphatic rings. The molecule has 0 radical (unpaired) electrons. The largest absolute Gasteiger partial charge is 0.489 e. The zero-order valence-electron chi connectivity index (χ0n) is 16.6. The molecule has 0 amide bonds. The van der Waals surface area contributed by atoms with E-state index in [0.29, 0.717) is 18.3 Å². The van der Waals surface area contributed by atoms with E-state index in [9.17, 15) is 0 Å². The van der Waals surface area contributed by atoms with Gasteiger partial charge in [-0.25, -0.2) is 0 Å². The van der Waals surface area contributed by atoms with Gasteiger partial charge in [-0.15, -0.1) is 0 Å². The highest BCUT2D eigenvalue weighted by atomic mass is 16.5. The maximum atomic E-state index is 5.98. The van der Waals surface area contributed by atoms with E-state index in [2.05, 4.69) is 71.7 Å². The topological polar surface area (TPSA) is 48.2 Å². The predicted molar refractivity (Wildman–Crippen MR) is 114 cm³/mol. The fraction of sp³-hybridized carbons (Fsp3) is 0.280. The molecule has 1 fully saturated rings. The van der Waals surface area contributed by atoms with Crippen molar-refractivity contribution in [3.05, 3.63) is 77.7 Å². The van der Waals surface area contributed by atoms with Gasteiger partial charge in [0.2, 0.25) is 11.7 Å². The Morgan fingerprint density at radius 2 is 1.69 bits per heavy atom. The molecule has 29 heavy (non-hydrogen) atoms. The van der Waals surface area contributed by atoms with Gasteiger partial charge >= 0.3 is 0 Å². The minimum Gasteiger partial charge on any atom is -0.489 e. The Labute approximate surface area is 170 Å². The van der Waals surface area contributed by atoms with Crippen LogP contribution in [0.5, 0.6) is 5.75 Å². The fourth-order valence-corrected chi connectivity index (χ4v) is 3.99. The van der Waals surface area contributed by atoms with Gasteiger partial charge in [0, 0.05) is 11.5 Å². The van der Waals surface area contributed by atoms with Crippen molar-refractivity contribution in [2.75, 3.05) is 0 Å². The molecular weight excluding hydrogens is 360 g/mol. The van der Waals surface area contributed by atoms with Crippen LogP contribution in [0.3, 0.4) is 0 Å². The van der Waals surface area contributed by atoms with Crippen LogP contribution in [0.2, 0.25) is 0 Å². The first-order valence-electron chi connectivity index (χ1n) is 10.3. The maximum Gasteiger partial charge on any atom is 0.230 e. The molecule has 0 atom stereocenters. The third-order valence-corrected chi connectivity index (χ3v) is 5.74. The molecular formula is C25H24N2O2. The third kappa shape index (κ3) is 3.88. The normalized spacial score (nSPS) is 14.5. The standard InChI is InChI=1S/C25H24N2O2/c1-17-6-8-18(9-7-17)16-28-23-13-12-20-14-22(11-10-21(20)15-23)24-26-25(29-27-24)19-4-2-3-5-19/h6-15,19H,2-5,16H2,1H3. The number of benzene rings is 3. The van der Waals surface area contributed by atoms with E-state index >= 15 is 0 Å². The number of aromatic nitrogens is 2. The van der Waals surface area contributed by atoms with Crippen molar-refractivity contribution in [2.24, 2.45) is 0 Å². The van der Waals surface area contributed by atoms with Crippen molar-refractivity contribution >= 4 is 10.8 Å². The molecule has 3 aromatic carbocycles. The van der Waals surface area contributed by atoms with Crippen molar-refractivity contribution in [1.82, 2.24) is 10.1 Å². The molecule has 0 saturated heterocycles. The first-order chi connectivity index (χ1) is 14.2. The van der Waals surface area contributed by atoms with E-state index < -0.39 is 0 Å². The lowest BCUT2D eigenvalue weighted by molar-refractivity contribution is 0.306. The number of hydrogen-bond acceptors (Lipinski definition) is 4. The second-order valence-corrected chi connectivity index (χ2v) is 7.94. The quantitative estimate of drug-likeness (QED) is 0.397. The SMILES string of the molecule is Cc1ccc(COc2ccc3cc(-c4noc(C5CCCC5)n4)ccc3c2)cc1. The summed E-state index contributed by atoms with van der Waals surface area (Å²) in [6.45, 7) is 2.66. The molecule has 4 nitrogen and oxygen atoms in total. The minimum absolute atomic E-state index is 0.435. The molecule has 5 rings (SSSR count). The summed E-state index contributed by atoms with van der Waals surface area (Å²) in [6, 6.07) is 20.9. The number of fused-ring (bicyclic) bond motifs is 1. The lowest BCUT2D eigenvalue weighted by Crippen LogP contribution is -1.95. The fourth-order valence-electron chi connectivity index (χ4n) is 3.99. The van der Waals surface area contributed by atoms with Crippen LogP contribution in [0.15, 0.2) is 65.2 Å². The van der Waals surface area contributed by atoms with Crippen LogP contribution in [-0.4, -0.2) is 10.1 Å². The lowest BCUT2D eigenvalue weighted by Gasteiger charge is -2.08. The predicted octanol–water partition coefficient (Wildman–Crippen LogP) is 6.43. The Balaban J connectivity index is 1.33. The molecule has 0 aliphatic heterocycles. The summed E-state index contributed by atoms with van der Waals surface area (Å²) in [7, 11) is 0. The maximum absolute atomic E-state index is 5.98. The van der Waals surface area contributed by atoms with Gasteiger partial charge in [0.05, 0.1) is 0 Å². The summed E-state index contributed by atoms with van der Waals surface area (Å²) < 4.78 is 11.5. The number of ether oxygens (including phenoxy) is 1. The van der Waals surface area contributed by atoms with Crippen LogP contribution in [0.1, 0.15) is 48.6 Å². The Morgan fingerprint density at radius 3 is 2.52 bits per heavy atom. The van der Waals surface area contributed by atoms with Crippen LogP contribution in [-0.2, 0) is 6.61 Å². The van der Waals surface area contributed by atoms with Gasteiger partial charge in [-0.3, -0.25) is 0 Å². The molecule has 0 N–H and O–H groups in total. The monoisotopic (exact) mass is 384 g/mol. The molecule has 1 saturated carbocycles. The third-order valence-electron chi connectivity index (χ3n) is 5.74. The van der Waals surface area contributed by atoms with Gasteiger partial charge in [0.25, 0.3) is 0 Å². The zero-order valence-corrected chi connectivity index (χ0v) is 16.6. The van der Waals surface area contributed by atoms with Gasteiger partial charge in [-0.05, 0) is 54.3 Å². The number of hydrogen-bond donors (Lipinski definition) is 0. The van der Waals surface area contributed by atoms with Crippen molar-refractivity contribution in [1.29, 1.82) is 0 Å². The first kappa shape index (κ1) is 17.9. The van der Waals surface area contributed by atoms with Gasteiger partial charge in [-0.1, -0.05) is 66.0 Å². The van der Waals surface area contributed by atoms with E-state index in [-0.39, 0.29) is 0 Å². The smallest absolute Gasteiger partial charge is 0.230 e. The number of nitrogens with zero attached hydrogens (tertiary/aromatic N) is 2. The molecule has 4 aromatic rings. The Morgan fingerprint density at radius 1 is 0.931 bits per heavy atom.